The van der Waals surface area contributed by atoms with Crippen molar-refractivity contribution in [3.63, 3.8) is 0 Å². The van der Waals surface area contributed by atoms with Crippen LogP contribution in [0.4, 0.5) is 0 Å². The molecule has 4 nitrogen and oxygen atoms in total. The predicted octanol–water partition coefficient (Wildman–Crippen LogP) is 3.36. The van der Waals surface area contributed by atoms with Crippen molar-refractivity contribution in [3.8, 4) is 5.75 Å². The molecule has 1 aromatic carbocycles. The highest BCUT2D eigenvalue weighted by molar-refractivity contribution is 5.75. The Morgan fingerprint density at radius 2 is 2.26 bits per heavy atom. The Balaban J connectivity index is 1.59. The summed E-state index contributed by atoms with van der Waals surface area (Å²) < 4.78 is 7.67. The first-order valence-corrected chi connectivity index (χ1v) is 7.98. The number of imidazole rings is 1. The fraction of sp³-hybridized carbons (Fsp3) is 0.316. The fourth-order valence-electron chi connectivity index (χ4n) is 2.66. The van der Waals surface area contributed by atoms with Gasteiger partial charge in [0.15, 0.2) is 0 Å². The van der Waals surface area contributed by atoms with Crippen LogP contribution in [0.25, 0.3) is 5.57 Å². The topological polar surface area (TPSA) is 47.3 Å². The van der Waals surface area contributed by atoms with Crippen molar-refractivity contribution in [1.29, 1.82) is 0 Å². The van der Waals surface area contributed by atoms with E-state index in [1.54, 1.807) is 6.20 Å². The summed E-state index contributed by atoms with van der Waals surface area (Å²) in [6.07, 6.45) is 11.8. The molecule has 4 heteroatoms. The number of aromatic nitrogens is 2. The summed E-state index contributed by atoms with van der Waals surface area (Å²) >= 11 is 0. The van der Waals surface area contributed by atoms with E-state index in [0.29, 0.717) is 6.54 Å². The molecule has 23 heavy (non-hydrogen) atoms. The SMILES string of the molecule is Cc1nccn1CC(O)COc1cccc(C2=CCCC=C2)c1. The summed E-state index contributed by atoms with van der Waals surface area (Å²) in [6, 6.07) is 8.02. The van der Waals surface area contributed by atoms with E-state index in [9.17, 15) is 5.11 Å². The van der Waals surface area contributed by atoms with Gasteiger partial charge in [0.25, 0.3) is 0 Å². The molecule has 1 aromatic heterocycles. The van der Waals surface area contributed by atoms with E-state index in [4.69, 9.17) is 4.74 Å². The molecule has 1 unspecified atom stereocenters. The normalized spacial score (nSPS) is 15.3. The molecule has 0 saturated carbocycles. The zero-order valence-corrected chi connectivity index (χ0v) is 13.4. The number of aliphatic hydroxyl groups excluding tert-OH is 1. The standard InChI is InChI=1S/C19H22N2O2/c1-15-20-10-11-21(15)13-18(22)14-23-19-9-5-8-17(12-19)16-6-3-2-4-7-16/h3,5-12,18,22H,2,4,13-14H2,1H3. The monoisotopic (exact) mass is 310 g/mol. The van der Waals surface area contributed by atoms with Crippen LogP contribution in [0.15, 0.2) is 54.9 Å². The van der Waals surface area contributed by atoms with Crippen molar-refractivity contribution < 1.29 is 9.84 Å². The van der Waals surface area contributed by atoms with Crippen LogP contribution in [0.3, 0.4) is 0 Å². The van der Waals surface area contributed by atoms with Crippen LogP contribution in [-0.2, 0) is 6.54 Å². The lowest BCUT2D eigenvalue weighted by Crippen LogP contribution is -2.23. The van der Waals surface area contributed by atoms with E-state index in [-0.39, 0.29) is 6.61 Å². The minimum absolute atomic E-state index is 0.260. The van der Waals surface area contributed by atoms with Gasteiger partial charge in [-0.2, -0.15) is 0 Å². The molecule has 1 N–H and O–H groups in total. The first-order valence-electron chi connectivity index (χ1n) is 7.98. The number of rotatable bonds is 6. The molecule has 0 aliphatic heterocycles. The van der Waals surface area contributed by atoms with Gasteiger partial charge in [-0.05, 0) is 43.0 Å². The van der Waals surface area contributed by atoms with Gasteiger partial charge in [-0.25, -0.2) is 4.98 Å². The summed E-state index contributed by atoms with van der Waals surface area (Å²) in [5.74, 6) is 1.67. The number of nitrogens with zero attached hydrogens (tertiary/aromatic N) is 2. The minimum atomic E-state index is -0.569. The van der Waals surface area contributed by atoms with Gasteiger partial charge in [0.1, 0.15) is 24.3 Å². The molecule has 0 amide bonds. The van der Waals surface area contributed by atoms with Crippen LogP contribution in [0.5, 0.6) is 5.75 Å². The van der Waals surface area contributed by atoms with Crippen LogP contribution in [0, 0.1) is 6.92 Å². The average Bonchev–Trinajstić information content (AvgIpc) is 2.99. The Labute approximate surface area is 136 Å². The van der Waals surface area contributed by atoms with Gasteiger partial charge < -0.3 is 14.4 Å². The van der Waals surface area contributed by atoms with Gasteiger partial charge in [0, 0.05) is 12.4 Å². The van der Waals surface area contributed by atoms with Crippen molar-refractivity contribution >= 4 is 5.57 Å². The first kappa shape index (κ1) is 15.6. The van der Waals surface area contributed by atoms with Crippen molar-refractivity contribution in [2.45, 2.75) is 32.4 Å². The highest BCUT2D eigenvalue weighted by Gasteiger charge is 2.09. The molecule has 0 saturated heterocycles. The average molecular weight is 310 g/mol. The first-order chi connectivity index (χ1) is 11.2. The quantitative estimate of drug-likeness (QED) is 0.890. The predicted molar refractivity (Wildman–Crippen MR) is 91.3 cm³/mol. The summed E-state index contributed by atoms with van der Waals surface area (Å²) in [4.78, 5) is 4.15. The molecular formula is C19H22N2O2. The summed E-state index contributed by atoms with van der Waals surface area (Å²) in [5, 5.41) is 10.1. The van der Waals surface area contributed by atoms with Gasteiger partial charge >= 0.3 is 0 Å². The fourth-order valence-corrected chi connectivity index (χ4v) is 2.66. The second kappa shape index (κ2) is 7.29. The maximum absolute atomic E-state index is 10.1. The number of aryl methyl sites for hydroxylation is 1. The zero-order valence-electron chi connectivity index (χ0n) is 13.4. The van der Waals surface area contributed by atoms with Crippen LogP contribution < -0.4 is 4.74 Å². The summed E-state index contributed by atoms with van der Waals surface area (Å²) in [5.41, 5.74) is 2.38. The maximum atomic E-state index is 10.1. The third-order valence-electron chi connectivity index (χ3n) is 3.94. The van der Waals surface area contributed by atoms with E-state index in [2.05, 4.69) is 29.3 Å². The lowest BCUT2D eigenvalue weighted by molar-refractivity contribution is 0.0919. The molecule has 1 aliphatic rings. The molecule has 1 atom stereocenters. The minimum Gasteiger partial charge on any atom is -0.491 e. The number of ether oxygens (including phenoxy) is 1. The number of hydrogen-bond acceptors (Lipinski definition) is 3. The Kier molecular flexibility index (Phi) is 4.93. The maximum Gasteiger partial charge on any atom is 0.120 e. The Morgan fingerprint density at radius 1 is 1.35 bits per heavy atom. The third-order valence-corrected chi connectivity index (χ3v) is 3.94. The molecule has 0 fully saturated rings. The molecule has 3 rings (SSSR count). The lowest BCUT2D eigenvalue weighted by atomic mass is 9.99. The summed E-state index contributed by atoms with van der Waals surface area (Å²) in [7, 11) is 0. The number of benzene rings is 1. The number of hydrogen-bond donors (Lipinski definition) is 1. The summed E-state index contributed by atoms with van der Waals surface area (Å²) in [6.45, 7) is 2.66. The van der Waals surface area contributed by atoms with E-state index in [1.807, 2.05) is 35.9 Å². The van der Waals surface area contributed by atoms with Crippen molar-refractivity contribution in [2.24, 2.45) is 0 Å². The third kappa shape index (κ3) is 4.11. The van der Waals surface area contributed by atoms with Crippen molar-refractivity contribution in [2.75, 3.05) is 6.61 Å². The molecule has 1 aliphatic carbocycles. The lowest BCUT2D eigenvalue weighted by Gasteiger charge is -2.15. The van der Waals surface area contributed by atoms with E-state index < -0.39 is 6.10 Å². The second-order valence-corrected chi connectivity index (χ2v) is 5.76. The van der Waals surface area contributed by atoms with Crippen LogP contribution in [0.2, 0.25) is 0 Å². The highest BCUT2D eigenvalue weighted by Crippen LogP contribution is 2.24. The molecule has 1 heterocycles. The van der Waals surface area contributed by atoms with Crippen LogP contribution in [-0.4, -0.2) is 27.4 Å². The van der Waals surface area contributed by atoms with Gasteiger partial charge in [0.05, 0.1) is 6.54 Å². The molecule has 2 aromatic rings. The van der Waals surface area contributed by atoms with Crippen LogP contribution >= 0.6 is 0 Å². The molecule has 0 radical (unpaired) electrons. The second-order valence-electron chi connectivity index (χ2n) is 5.76. The van der Waals surface area contributed by atoms with E-state index in [1.165, 1.54) is 5.57 Å². The Hall–Kier alpha value is -2.33. The van der Waals surface area contributed by atoms with Gasteiger partial charge in [-0.15, -0.1) is 0 Å². The largest absolute Gasteiger partial charge is 0.491 e. The molecule has 0 bridgehead atoms. The van der Waals surface area contributed by atoms with E-state index in [0.717, 1.165) is 30.0 Å². The smallest absolute Gasteiger partial charge is 0.120 e. The van der Waals surface area contributed by atoms with Gasteiger partial charge in [-0.1, -0.05) is 30.4 Å². The Morgan fingerprint density at radius 3 is 3.00 bits per heavy atom. The molecular weight excluding hydrogens is 288 g/mol. The Bertz CT molecular complexity index is 716. The zero-order chi connectivity index (χ0) is 16.1. The van der Waals surface area contributed by atoms with E-state index >= 15 is 0 Å². The molecule has 120 valence electrons. The van der Waals surface area contributed by atoms with Crippen molar-refractivity contribution in [3.05, 3.63) is 66.3 Å². The van der Waals surface area contributed by atoms with Gasteiger partial charge in [0.2, 0.25) is 0 Å². The van der Waals surface area contributed by atoms with Crippen molar-refractivity contribution in [1.82, 2.24) is 9.55 Å². The highest BCUT2D eigenvalue weighted by atomic mass is 16.5. The van der Waals surface area contributed by atoms with Gasteiger partial charge in [-0.3, -0.25) is 0 Å². The molecule has 0 spiro atoms. The van der Waals surface area contributed by atoms with Crippen LogP contribution in [0.1, 0.15) is 24.2 Å². The number of allylic oxidation sites excluding steroid dienone is 4. The number of aliphatic hydroxyl groups is 1.